The van der Waals surface area contributed by atoms with Crippen molar-refractivity contribution in [3.05, 3.63) is 65.8 Å². The largest absolute Gasteiger partial charge is 0.264 e. The molecule has 136 valence electrons. The lowest BCUT2D eigenvalue weighted by Gasteiger charge is -2.08. The molecule has 3 rings (SSSR count). The summed E-state index contributed by atoms with van der Waals surface area (Å²) in [6, 6.07) is 10.5. The Labute approximate surface area is 155 Å². The molecule has 3 aromatic rings. The van der Waals surface area contributed by atoms with Crippen LogP contribution in [0.4, 0.5) is 0 Å². The average Bonchev–Trinajstić information content (AvgIpc) is 3.14. The number of benzene rings is 1. The SMILES string of the molecule is NS(=O)(=O)c1ccc(S(=O)(=O)NCc2cncc(-c3cccs3)c2)cc1. The smallest absolute Gasteiger partial charge is 0.240 e. The molecule has 0 saturated carbocycles. The minimum atomic E-state index is -3.87. The zero-order chi connectivity index (χ0) is 18.8. The van der Waals surface area contributed by atoms with E-state index in [0.717, 1.165) is 22.6 Å². The van der Waals surface area contributed by atoms with Gasteiger partial charge in [-0.15, -0.1) is 11.3 Å². The van der Waals surface area contributed by atoms with E-state index < -0.39 is 20.0 Å². The third-order valence-electron chi connectivity index (χ3n) is 3.53. The number of nitrogens with zero attached hydrogens (tertiary/aromatic N) is 1. The molecule has 0 radical (unpaired) electrons. The minimum Gasteiger partial charge on any atom is -0.264 e. The van der Waals surface area contributed by atoms with E-state index in [1.165, 1.54) is 12.1 Å². The normalized spacial score (nSPS) is 12.2. The first-order chi connectivity index (χ1) is 12.3. The molecule has 1 aromatic carbocycles. The lowest BCUT2D eigenvalue weighted by molar-refractivity contribution is 0.580. The molecule has 0 amide bonds. The summed E-state index contributed by atoms with van der Waals surface area (Å²) in [6.07, 6.45) is 3.31. The van der Waals surface area contributed by atoms with Gasteiger partial charge in [0.15, 0.2) is 0 Å². The summed E-state index contributed by atoms with van der Waals surface area (Å²) in [5.74, 6) is 0. The van der Waals surface area contributed by atoms with Crippen molar-refractivity contribution in [3.8, 4) is 10.4 Å². The number of rotatable bonds is 6. The number of hydrogen-bond donors (Lipinski definition) is 2. The van der Waals surface area contributed by atoms with E-state index in [1.54, 1.807) is 23.7 Å². The maximum Gasteiger partial charge on any atom is 0.240 e. The number of thiophene rings is 1. The van der Waals surface area contributed by atoms with Crippen LogP contribution in [0.3, 0.4) is 0 Å². The third-order valence-corrected chi connectivity index (χ3v) is 6.79. The zero-order valence-electron chi connectivity index (χ0n) is 13.4. The van der Waals surface area contributed by atoms with Crippen LogP contribution in [0.5, 0.6) is 0 Å². The Balaban J connectivity index is 1.75. The number of aromatic nitrogens is 1. The van der Waals surface area contributed by atoms with Gasteiger partial charge in [0.05, 0.1) is 9.79 Å². The van der Waals surface area contributed by atoms with Crippen molar-refractivity contribution in [2.45, 2.75) is 16.3 Å². The highest BCUT2D eigenvalue weighted by Crippen LogP contribution is 2.24. The second-order valence-corrected chi connectivity index (χ2v) is 9.68. The topological polar surface area (TPSA) is 119 Å². The van der Waals surface area contributed by atoms with Gasteiger partial charge >= 0.3 is 0 Å². The van der Waals surface area contributed by atoms with Crippen molar-refractivity contribution in [1.29, 1.82) is 0 Å². The fraction of sp³-hybridized carbons (Fsp3) is 0.0625. The molecule has 2 heterocycles. The summed E-state index contributed by atoms with van der Waals surface area (Å²) in [7, 11) is -7.67. The summed E-state index contributed by atoms with van der Waals surface area (Å²) in [4.78, 5) is 4.99. The van der Waals surface area contributed by atoms with Gasteiger partial charge in [-0.1, -0.05) is 6.07 Å². The molecule has 0 bridgehead atoms. The average molecular weight is 410 g/mol. The van der Waals surface area contributed by atoms with E-state index in [0.29, 0.717) is 5.56 Å². The van der Waals surface area contributed by atoms with Crippen LogP contribution in [0.25, 0.3) is 10.4 Å². The molecule has 3 N–H and O–H groups in total. The van der Waals surface area contributed by atoms with Gasteiger partial charge in [-0.2, -0.15) is 0 Å². The summed E-state index contributed by atoms with van der Waals surface area (Å²) in [6.45, 7) is 0.0610. The van der Waals surface area contributed by atoms with Gasteiger partial charge in [0, 0.05) is 29.4 Å². The van der Waals surface area contributed by atoms with Gasteiger partial charge in [0.1, 0.15) is 0 Å². The van der Waals surface area contributed by atoms with Crippen molar-refractivity contribution in [2.24, 2.45) is 5.14 Å². The Bertz CT molecular complexity index is 1110. The molecule has 0 saturated heterocycles. The van der Waals surface area contributed by atoms with Crippen LogP contribution < -0.4 is 9.86 Å². The van der Waals surface area contributed by atoms with Gasteiger partial charge in [0.25, 0.3) is 0 Å². The second-order valence-electron chi connectivity index (χ2n) is 5.40. The molecular formula is C16H15N3O4S3. The Kier molecular flexibility index (Phi) is 5.21. The number of sulfonamides is 2. The molecule has 0 aliphatic carbocycles. The first-order valence-corrected chi connectivity index (χ1v) is 11.3. The van der Waals surface area contributed by atoms with Crippen molar-refractivity contribution >= 4 is 31.4 Å². The van der Waals surface area contributed by atoms with Crippen LogP contribution in [0, 0.1) is 0 Å². The maximum absolute atomic E-state index is 12.4. The van der Waals surface area contributed by atoms with Crippen LogP contribution in [-0.2, 0) is 26.6 Å². The van der Waals surface area contributed by atoms with Gasteiger partial charge in [-0.3, -0.25) is 4.98 Å². The van der Waals surface area contributed by atoms with Crippen molar-refractivity contribution < 1.29 is 16.8 Å². The molecule has 0 unspecified atom stereocenters. The fourth-order valence-corrected chi connectivity index (χ4v) is 4.47. The lowest BCUT2D eigenvalue weighted by Crippen LogP contribution is -2.23. The van der Waals surface area contributed by atoms with Gasteiger partial charge in [-0.25, -0.2) is 26.7 Å². The first kappa shape index (κ1) is 18.7. The Morgan fingerprint density at radius 1 is 1.00 bits per heavy atom. The van der Waals surface area contributed by atoms with Gasteiger partial charge in [0.2, 0.25) is 20.0 Å². The third kappa shape index (κ3) is 4.34. The summed E-state index contributed by atoms with van der Waals surface area (Å²) < 4.78 is 49.7. The van der Waals surface area contributed by atoms with Gasteiger partial charge < -0.3 is 0 Å². The Hall–Kier alpha value is -2.11. The van der Waals surface area contributed by atoms with Crippen LogP contribution in [0.15, 0.2) is 70.0 Å². The Morgan fingerprint density at radius 2 is 1.69 bits per heavy atom. The predicted molar refractivity (Wildman–Crippen MR) is 99.4 cm³/mol. The van der Waals surface area contributed by atoms with Crippen LogP contribution in [0.1, 0.15) is 5.56 Å². The molecule has 0 aliphatic rings. The van der Waals surface area contributed by atoms with Crippen molar-refractivity contribution in [1.82, 2.24) is 9.71 Å². The lowest BCUT2D eigenvalue weighted by atomic mass is 10.2. The number of pyridine rings is 1. The number of nitrogens with two attached hydrogens (primary N) is 1. The number of nitrogens with one attached hydrogen (secondary N) is 1. The van der Waals surface area contributed by atoms with E-state index in [1.807, 2.05) is 23.6 Å². The summed E-state index contributed by atoms with van der Waals surface area (Å²) >= 11 is 1.57. The molecule has 0 atom stereocenters. The summed E-state index contributed by atoms with van der Waals surface area (Å²) in [5.41, 5.74) is 1.62. The maximum atomic E-state index is 12.4. The van der Waals surface area contributed by atoms with E-state index in [2.05, 4.69) is 9.71 Å². The highest BCUT2D eigenvalue weighted by molar-refractivity contribution is 7.89. The fourth-order valence-electron chi connectivity index (χ4n) is 2.23. The molecule has 0 spiro atoms. The van der Waals surface area contributed by atoms with E-state index >= 15 is 0 Å². The summed E-state index contributed by atoms with van der Waals surface area (Å²) in [5, 5.41) is 6.96. The molecule has 7 nitrogen and oxygen atoms in total. The predicted octanol–water partition coefficient (Wildman–Crippen LogP) is 1.94. The first-order valence-electron chi connectivity index (χ1n) is 7.36. The van der Waals surface area contributed by atoms with E-state index in [4.69, 9.17) is 5.14 Å². The van der Waals surface area contributed by atoms with Crippen molar-refractivity contribution in [2.75, 3.05) is 0 Å². The quantitative estimate of drug-likeness (QED) is 0.645. The number of hydrogen-bond acceptors (Lipinski definition) is 6. The molecule has 26 heavy (non-hydrogen) atoms. The van der Waals surface area contributed by atoms with Crippen molar-refractivity contribution in [3.63, 3.8) is 0 Å². The molecule has 0 aliphatic heterocycles. The molecule has 2 aromatic heterocycles. The molecule has 0 fully saturated rings. The van der Waals surface area contributed by atoms with Gasteiger partial charge in [-0.05, 0) is 47.3 Å². The molecule has 10 heteroatoms. The molecular weight excluding hydrogens is 394 g/mol. The van der Waals surface area contributed by atoms with E-state index in [9.17, 15) is 16.8 Å². The van der Waals surface area contributed by atoms with Crippen LogP contribution in [-0.4, -0.2) is 21.8 Å². The highest BCUT2D eigenvalue weighted by atomic mass is 32.2. The Morgan fingerprint density at radius 3 is 2.31 bits per heavy atom. The van der Waals surface area contributed by atoms with E-state index in [-0.39, 0.29) is 16.3 Å². The van der Waals surface area contributed by atoms with Crippen LogP contribution in [0.2, 0.25) is 0 Å². The second kappa shape index (κ2) is 7.25. The van der Waals surface area contributed by atoms with Crippen LogP contribution >= 0.6 is 11.3 Å². The zero-order valence-corrected chi connectivity index (χ0v) is 15.8. The monoisotopic (exact) mass is 409 g/mol. The number of primary sulfonamides is 1. The standard InChI is InChI=1S/C16H15N3O4S3/c17-25(20,21)14-3-5-15(6-4-14)26(22,23)19-10-12-8-13(11-18-9-12)16-2-1-7-24-16/h1-9,11,19H,10H2,(H2,17,20,21). The minimum absolute atomic E-state index is 0.0488. The highest BCUT2D eigenvalue weighted by Gasteiger charge is 2.16.